The van der Waals surface area contributed by atoms with E-state index in [1.165, 1.54) is 11.0 Å². The molecule has 1 atom stereocenters. The van der Waals surface area contributed by atoms with Gasteiger partial charge in [0.25, 0.3) is 5.91 Å². The minimum Gasteiger partial charge on any atom is -0.506 e. The van der Waals surface area contributed by atoms with Crippen molar-refractivity contribution in [2.24, 2.45) is 5.41 Å². The van der Waals surface area contributed by atoms with E-state index < -0.39 is 17.8 Å². The summed E-state index contributed by atoms with van der Waals surface area (Å²) < 4.78 is 27.1. The van der Waals surface area contributed by atoms with Crippen molar-refractivity contribution >= 4 is 28.9 Å². The summed E-state index contributed by atoms with van der Waals surface area (Å²) in [5.74, 6) is -0.115. The van der Waals surface area contributed by atoms with Crippen LogP contribution >= 0.6 is 11.6 Å². The summed E-state index contributed by atoms with van der Waals surface area (Å²) in [6.45, 7) is 15.2. The molecule has 3 aromatic rings. The lowest BCUT2D eigenvalue weighted by Crippen LogP contribution is -2.36. The molecule has 0 aliphatic carbocycles. The molecule has 0 radical (unpaired) electrons. The van der Waals surface area contributed by atoms with Gasteiger partial charge >= 0.3 is 0 Å². The fraction of sp³-hybridized carbons (Fsp3) is 0.355. The average molecular weight is 568 g/mol. The molecule has 0 fully saturated rings. The summed E-state index contributed by atoms with van der Waals surface area (Å²) in [4.78, 5) is 20.1. The van der Waals surface area contributed by atoms with Crippen molar-refractivity contribution in [2.45, 2.75) is 60.4 Å². The van der Waals surface area contributed by atoms with Crippen LogP contribution in [0.1, 0.15) is 74.3 Å². The molecule has 212 valence electrons. The molecule has 2 heterocycles. The third-order valence-electron chi connectivity index (χ3n) is 7.30. The first-order chi connectivity index (χ1) is 18.8. The van der Waals surface area contributed by atoms with Gasteiger partial charge in [0.2, 0.25) is 0 Å². The van der Waals surface area contributed by atoms with Crippen molar-refractivity contribution in [1.82, 2.24) is 4.98 Å². The first-order valence-corrected chi connectivity index (χ1v) is 13.5. The van der Waals surface area contributed by atoms with Gasteiger partial charge in [-0.3, -0.25) is 9.69 Å². The summed E-state index contributed by atoms with van der Waals surface area (Å²) in [5, 5.41) is 14.6. The van der Waals surface area contributed by atoms with E-state index in [0.29, 0.717) is 29.4 Å². The van der Waals surface area contributed by atoms with Crippen molar-refractivity contribution in [2.75, 3.05) is 16.8 Å². The molecule has 1 aliphatic heterocycles. The SMILES string of the molecule is C=C(Cl)COc1ccc(C2C(C)=C(CC(C)(C)CC)Nc3c(O)cccc3N2C(=O)c2nc(C)oc2C)c(F)c1. The van der Waals surface area contributed by atoms with Crippen molar-refractivity contribution in [3.05, 3.63) is 88.0 Å². The van der Waals surface area contributed by atoms with Crippen molar-refractivity contribution in [1.29, 1.82) is 0 Å². The Morgan fingerprint density at radius 3 is 2.60 bits per heavy atom. The predicted octanol–water partition coefficient (Wildman–Crippen LogP) is 8.18. The number of benzene rings is 2. The van der Waals surface area contributed by atoms with Crippen LogP contribution < -0.4 is 15.0 Å². The number of hydrogen-bond acceptors (Lipinski definition) is 6. The minimum absolute atomic E-state index is 0.0327. The van der Waals surface area contributed by atoms with E-state index in [4.69, 9.17) is 20.8 Å². The first-order valence-electron chi connectivity index (χ1n) is 13.1. The standard InChI is InChI=1S/C31H35ClFN3O4/c1-8-31(6,7)15-24-18(3)29(22-13-12-21(14-23(22)33)39-16-17(2)32)36(25-10-9-11-26(37)28(25)35-24)30(38)27-19(4)40-20(5)34-27/h9-14,29,35,37H,2,8,15-16H2,1,3-7H3. The Morgan fingerprint density at radius 1 is 1.27 bits per heavy atom. The van der Waals surface area contributed by atoms with Crippen LogP contribution in [-0.2, 0) is 0 Å². The van der Waals surface area contributed by atoms with Gasteiger partial charge in [0.15, 0.2) is 11.6 Å². The summed E-state index contributed by atoms with van der Waals surface area (Å²) in [6, 6.07) is 8.56. The summed E-state index contributed by atoms with van der Waals surface area (Å²) in [5.41, 5.74) is 2.52. The number of phenols is 1. The molecule has 4 rings (SSSR count). The number of para-hydroxylation sites is 1. The number of hydrogen-bond donors (Lipinski definition) is 2. The van der Waals surface area contributed by atoms with Crippen LogP contribution in [0.5, 0.6) is 11.5 Å². The van der Waals surface area contributed by atoms with E-state index in [1.54, 1.807) is 44.2 Å². The fourth-order valence-electron chi connectivity index (χ4n) is 4.81. The molecule has 0 spiro atoms. The highest BCUT2D eigenvalue weighted by molar-refractivity contribution is 6.29. The smallest absolute Gasteiger partial charge is 0.281 e. The van der Waals surface area contributed by atoms with Gasteiger partial charge in [-0.15, -0.1) is 0 Å². The van der Waals surface area contributed by atoms with E-state index in [1.807, 2.05) is 6.92 Å². The predicted molar refractivity (Wildman–Crippen MR) is 156 cm³/mol. The molecule has 9 heteroatoms. The van der Waals surface area contributed by atoms with Gasteiger partial charge in [0, 0.05) is 29.3 Å². The number of ether oxygens (including phenoxy) is 1. The third-order valence-corrected chi connectivity index (χ3v) is 7.41. The Balaban J connectivity index is 1.98. The largest absolute Gasteiger partial charge is 0.506 e. The van der Waals surface area contributed by atoms with Gasteiger partial charge in [-0.05, 0) is 55.5 Å². The van der Waals surface area contributed by atoms with Crippen LogP contribution in [0.2, 0.25) is 0 Å². The number of oxazole rings is 1. The van der Waals surface area contributed by atoms with E-state index in [9.17, 15) is 9.90 Å². The van der Waals surface area contributed by atoms with Crippen molar-refractivity contribution in [3.63, 3.8) is 0 Å². The van der Waals surface area contributed by atoms with Gasteiger partial charge in [-0.25, -0.2) is 9.37 Å². The van der Waals surface area contributed by atoms with Crippen LogP contribution in [-0.4, -0.2) is 22.6 Å². The number of anilines is 2. The Bertz CT molecular complexity index is 1490. The van der Waals surface area contributed by atoms with Gasteiger partial charge < -0.3 is 19.6 Å². The van der Waals surface area contributed by atoms with Crippen LogP contribution in [0, 0.1) is 25.1 Å². The molecule has 40 heavy (non-hydrogen) atoms. The number of aromatic hydroxyl groups is 1. The van der Waals surface area contributed by atoms with Gasteiger partial charge in [0.05, 0.1) is 11.7 Å². The highest BCUT2D eigenvalue weighted by atomic mass is 35.5. The molecule has 1 aromatic heterocycles. The topological polar surface area (TPSA) is 87.8 Å². The lowest BCUT2D eigenvalue weighted by Gasteiger charge is -2.33. The molecule has 1 unspecified atom stereocenters. The average Bonchev–Trinajstić information content (AvgIpc) is 3.18. The summed E-state index contributed by atoms with van der Waals surface area (Å²) >= 11 is 5.82. The zero-order valence-electron chi connectivity index (χ0n) is 23.7. The molecule has 0 bridgehead atoms. The van der Waals surface area contributed by atoms with E-state index >= 15 is 4.39 Å². The maximum absolute atomic E-state index is 16.0. The Kier molecular flexibility index (Phi) is 8.30. The van der Waals surface area contributed by atoms with E-state index in [-0.39, 0.29) is 39.8 Å². The number of carbonyl (C=O) groups is 1. The molecular formula is C31H35ClFN3O4. The van der Waals surface area contributed by atoms with Crippen molar-refractivity contribution in [3.8, 4) is 11.5 Å². The number of aromatic nitrogens is 1. The quantitative estimate of drug-likeness (QED) is 0.267. The summed E-state index contributed by atoms with van der Waals surface area (Å²) in [6.07, 6.45) is 1.49. The molecule has 2 aromatic carbocycles. The molecule has 7 nitrogen and oxygen atoms in total. The maximum atomic E-state index is 16.0. The highest BCUT2D eigenvalue weighted by Crippen LogP contribution is 2.48. The van der Waals surface area contributed by atoms with Crippen LogP contribution in [0.15, 0.2) is 63.7 Å². The number of aryl methyl sites for hydroxylation is 2. The van der Waals surface area contributed by atoms with E-state index in [0.717, 1.165) is 17.7 Å². The number of nitrogens with zero attached hydrogens (tertiary/aromatic N) is 2. The Morgan fingerprint density at radius 2 is 2.00 bits per heavy atom. The van der Waals surface area contributed by atoms with Gasteiger partial charge in [-0.1, -0.05) is 51.4 Å². The molecule has 2 N–H and O–H groups in total. The van der Waals surface area contributed by atoms with Crippen LogP contribution in [0.4, 0.5) is 15.8 Å². The van der Waals surface area contributed by atoms with E-state index in [2.05, 4.69) is 37.7 Å². The monoisotopic (exact) mass is 567 g/mol. The van der Waals surface area contributed by atoms with Crippen LogP contribution in [0.3, 0.4) is 0 Å². The number of carbonyl (C=O) groups excluding carboxylic acids is 1. The lowest BCUT2D eigenvalue weighted by molar-refractivity contribution is 0.0974. The fourth-order valence-corrected chi connectivity index (χ4v) is 4.87. The normalized spacial score (nSPS) is 15.4. The molecular weight excluding hydrogens is 533 g/mol. The first kappa shape index (κ1) is 29.2. The number of halogens is 2. The summed E-state index contributed by atoms with van der Waals surface area (Å²) in [7, 11) is 0. The highest BCUT2D eigenvalue weighted by Gasteiger charge is 2.39. The van der Waals surface area contributed by atoms with Gasteiger partial charge in [-0.2, -0.15) is 0 Å². The number of nitrogens with one attached hydrogen (secondary N) is 1. The van der Waals surface area contributed by atoms with Gasteiger partial charge in [0.1, 0.15) is 35.4 Å². The molecule has 0 saturated heterocycles. The maximum Gasteiger partial charge on any atom is 0.281 e. The van der Waals surface area contributed by atoms with Crippen LogP contribution in [0.25, 0.3) is 0 Å². The number of fused-ring (bicyclic) bond motifs is 1. The Labute approximate surface area is 239 Å². The third kappa shape index (κ3) is 5.87. The molecule has 1 amide bonds. The molecule has 0 saturated carbocycles. The Hall–Kier alpha value is -3.78. The van der Waals surface area contributed by atoms with Crippen molar-refractivity contribution < 1.29 is 23.4 Å². The second kappa shape index (κ2) is 11.4. The second-order valence-corrected chi connectivity index (χ2v) is 11.4. The lowest BCUT2D eigenvalue weighted by atomic mass is 9.83. The minimum atomic E-state index is -0.876. The number of allylic oxidation sites excluding steroid dienone is 1. The molecule has 1 aliphatic rings. The number of amides is 1. The second-order valence-electron chi connectivity index (χ2n) is 10.9. The zero-order valence-corrected chi connectivity index (χ0v) is 24.4. The number of rotatable bonds is 8. The zero-order chi connectivity index (χ0) is 29.4. The number of phenolic OH excluding ortho intramolecular Hbond substituents is 1.